The standard InChI is InChI=1S/C16H20N4O5S/c1-10-16(11(2)19-18-10)26(22,23)20(3)9-15(21)17-12-4-5-13-14(8-12)25-7-6-24-13/h4-5,8H,6-7,9H2,1-3H3,(H,17,21)(H,18,19). The van der Waals surface area contributed by atoms with Gasteiger partial charge in [0.1, 0.15) is 18.1 Å². The maximum atomic E-state index is 12.7. The van der Waals surface area contributed by atoms with E-state index in [0.29, 0.717) is 41.8 Å². The normalized spacial score (nSPS) is 13.7. The van der Waals surface area contributed by atoms with Crippen LogP contribution < -0.4 is 14.8 Å². The number of benzene rings is 1. The van der Waals surface area contributed by atoms with Crippen molar-refractivity contribution in [3.05, 3.63) is 29.6 Å². The van der Waals surface area contributed by atoms with Crippen LogP contribution >= 0.6 is 0 Å². The van der Waals surface area contributed by atoms with Crippen LogP contribution in [0.2, 0.25) is 0 Å². The van der Waals surface area contributed by atoms with Crippen molar-refractivity contribution in [1.82, 2.24) is 14.5 Å². The molecule has 0 atom stereocenters. The van der Waals surface area contributed by atoms with Gasteiger partial charge >= 0.3 is 0 Å². The molecule has 0 saturated carbocycles. The van der Waals surface area contributed by atoms with Gasteiger partial charge in [-0.2, -0.15) is 9.40 Å². The number of carbonyl (C=O) groups is 1. The fourth-order valence-electron chi connectivity index (χ4n) is 2.69. The highest BCUT2D eigenvalue weighted by atomic mass is 32.2. The van der Waals surface area contributed by atoms with Gasteiger partial charge < -0.3 is 14.8 Å². The van der Waals surface area contributed by atoms with Gasteiger partial charge in [0.15, 0.2) is 11.5 Å². The third kappa shape index (κ3) is 3.51. The average Bonchev–Trinajstić information content (AvgIpc) is 2.93. The predicted molar refractivity (Wildman–Crippen MR) is 93.9 cm³/mol. The summed E-state index contributed by atoms with van der Waals surface area (Å²) in [4.78, 5) is 12.4. The van der Waals surface area contributed by atoms with Crippen molar-refractivity contribution in [2.24, 2.45) is 0 Å². The van der Waals surface area contributed by atoms with Crippen LogP contribution in [0.1, 0.15) is 11.4 Å². The lowest BCUT2D eigenvalue weighted by Crippen LogP contribution is -2.35. The van der Waals surface area contributed by atoms with Gasteiger partial charge in [0, 0.05) is 18.8 Å². The fourth-order valence-corrected chi connectivity index (χ4v) is 4.14. The van der Waals surface area contributed by atoms with Crippen molar-refractivity contribution in [2.75, 3.05) is 32.1 Å². The van der Waals surface area contributed by atoms with Gasteiger partial charge in [-0.3, -0.25) is 9.89 Å². The number of aryl methyl sites for hydroxylation is 2. The van der Waals surface area contributed by atoms with E-state index in [1.54, 1.807) is 32.0 Å². The van der Waals surface area contributed by atoms with E-state index in [-0.39, 0.29) is 11.4 Å². The summed E-state index contributed by atoms with van der Waals surface area (Å²) < 4.78 is 37.2. The minimum Gasteiger partial charge on any atom is -0.486 e. The van der Waals surface area contributed by atoms with Gasteiger partial charge in [-0.25, -0.2) is 8.42 Å². The number of H-pyrrole nitrogens is 1. The molecule has 0 aliphatic carbocycles. The Bertz CT molecular complexity index is 919. The van der Waals surface area contributed by atoms with Crippen molar-refractivity contribution in [2.45, 2.75) is 18.7 Å². The topological polar surface area (TPSA) is 114 Å². The number of nitrogens with zero attached hydrogens (tertiary/aromatic N) is 2. The number of nitrogens with one attached hydrogen (secondary N) is 2. The smallest absolute Gasteiger partial charge is 0.246 e. The molecule has 2 aromatic rings. The molecule has 140 valence electrons. The Morgan fingerprint density at radius 3 is 2.62 bits per heavy atom. The fraction of sp³-hybridized carbons (Fsp3) is 0.375. The van der Waals surface area contributed by atoms with Crippen molar-refractivity contribution in [3.8, 4) is 11.5 Å². The van der Waals surface area contributed by atoms with E-state index in [1.165, 1.54) is 7.05 Å². The van der Waals surface area contributed by atoms with E-state index in [4.69, 9.17) is 9.47 Å². The maximum Gasteiger partial charge on any atom is 0.246 e. The molecule has 0 bridgehead atoms. The van der Waals surface area contributed by atoms with Crippen LogP contribution in [0.25, 0.3) is 0 Å². The van der Waals surface area contributed by atoms with E-state index in [9.17, 15) is 13.2 Å². The molecule has 26 heavy (non-hydrogen) atoms. The third-order valence-electron chi connectivity index (χ3n) is 3.92. The minimum atomic E-state index is -3.82. The molecule has 0 spiro atoms. The Morgan fingerprint density at radius 1 is 1.27 bits per heavy atom. The summed E-state index contributed by atoms with van der Waals surface area (Å²) in [6, 6.07) is 5.01. The Labute approximate surface area is 151 Å². The molecule has 10 heteroatoms. The van der Waals surface area contributed by atoms with E-state index < -0.39 is 15.9 Å². The van der Waals surface area contributed by atoms with Crippen LogP contribution in [0.3, 0.4) is 0 Å². The van der Waals surface area contributed by atoms with Crippen molar-refractivity contribution in [3.63, 3.8) is 0 Å². The molecular formula is C16H20N4O5S. The second-order valence-corrected chi connectivity index (χ2v) is 7.91. The number of aromatic nitrogens is 2. The quantitative estimate of drug-likeness (QED) is 0.802. The Balaban J connectivity index is 1.70. The number of likely N-dealkylation sites (N-methyl/N-ethyl adjacent to an activating group) is 1. The number of carbonyl (C=O) groups excluding carboxylic acids is 1. The Morgan fingerprint density at radius 2 is 1.96 bits per heavy atom. The minimum absolute atomic E-state index is 0.0899. The van der Waals surface area contributed by atoms with E-state index in [2.05, 4.69) is 15.5 Å². The first kappa shape index (κ1) is 18.2. The number of hydrogen-bond acceptors (Lipinski definition) is 6. The number of amides is 1. The molecule has 1 aromatic carbocycles. The first-order valence-corrected chi connectivity index (χ1v) is 9.40. The van der Waals surface area contributed by atoms with Gasteiger partial charge in [-0.05, 0) is 26.0 Å². The predicted octanol–water partition coefficient (Wildman–Crippen LogP) is 1.06. The molecule has 9 nitrogen and oxygen atoms in total. The van der Waals surface area contributed by atoms with Gasteiger partial charge in [0.2, 0.25) is 15.9 Å². The largest absolute Gasteiger partial charge is 0.486 e. The summed E-state index contributed by atoms with van der Waals surface area (Å²) in [5.41, 5.74) is 1.30. The van der Waals surface area contributed by atoms with Crippen molar-refractivity contribution >= 4 is 21.6 Å². The van der Waals surface area contributed by atoms with Crippen LogP contribution in [0.4, 0.5) is 5.69 Å². The summed E-state index contributed by atoms with van der Waals surface area (Å²) in [5.74, 6) is 0.686. The van der Waals surface area contributed by atoms with Crippen molar-refractivity contribution in [1.29, 1.82) is 0 Å². The van der Waals surface area contributed by atoms with Crippen LogP contribution in [0.5, 0.6) is 11.5 Å². The second-order valence-electron chi connectivity index (χ2n) is 5.93. The SMILES string of the molecule is Cc1n[nH]c(C)c1S(=O)(=O)N(C)CC(=O)Nc1ccc2c(c1)OCCO2. The maximum absolute atomic E-state index is 12.7. The number of hydrogen-bond donors (Lipinski definition) is 2. The highest BCUT2D eigenvalue weighted by molar-refractivity contribution is 7.89. The van der Waals surface area contributed by atoms with E-state index in [0.717, 1.165) is 4.31 Å². The first-order valence-electron chi connectivity index (χ1n) is 7.96. The van der Waals surface area contributed by atoms with Crippen LogP contribution in [0, 0.1) is 13.8 Å². The van der Waals surface area contributed by atoms with Crippen LogP contribution in [0.15, 0.2) is 23.1 Å². The first-order chi connectivity index (χ1) is 12.3. The van der Waals surface area contributed by atoms with E-state index in [1.807, 2.05) is 0 Å². The lowest BCUT2D eigenvalue weighted by molar-refractivity contribution is -0.116. The number of anilines is 1. The third-order valence-corrected chi connectivity index (χ3v) is 5.99. The molecule has 3 rings (SSSR count). The molecule has 1 amide bonds. The van der Waals surface area contributed by atoms with Crippen LogP contribution in [-0.4, -0.2) is 55.6 Å². The number of sulfonamides is 1. The molecule has 0 fully saturated rings. The summed E-state index contributed by atoms with van der Waals surface area (Å²) >= 11 is 0. The lowest BCUT2D eigenvalue weighted by Gasteiger charge is -2.20. The highest BCUT2D eigenvalue weighted by Gasteiger charge is 2.28. The molecule has 0 unspecified atom stereocenters. The average molecular weight is 380 g/mol. The summed E-state index contributed by atoms with van der Waals surface area (Å²) in [6.45, 7) is 3.80. The highest BCUT2D eigenvalue weighted by Crippen LogP contribution is 2.32. The molecule has 0 radical (unpaired) electrons. The van der Waals surface area contributed by atoms with Crippen molar-refractivity contribution < 1.29 is 22.7 Å². The number of fused-ring (bicyclic) bond motifs is 1. The van der Waals surface area contributed by atoms with Gasteiger partial charge in [0.05, 0.1) is 17.9 Å². The molecule has 1 aliphatic heterocycles. The zero-order valence-electron chi connectivity index (χ0n) is 14.7. The van der Waals surface area contributed by atoms with E-state index >= 15 is 0 Å². The molecule has 2 N–H and O–H groups in total. The van der Waals surface area contributed by atoms with Gasteiger partial charge in [0.25, 0.3) is 0 Å². The molecule has 1 aromatic heterocycles. The Hall–Kier alpha value is -2.59. The monoisotopic (exact) mass is 380 g/mol. The van der Waals surface area contributed by atoms with Gasteiger partial charge in [-0.15, -0.1) is 0 Å². The number of rotatable bonds is 5. The van der Waals surface area contributed by atoms with Crippen LogP contribution in [-0.2, 0) is 14.8 Å². The zero-order chi connectivity index (χ0) is 18.9. The summed E-state index contributed by atoms with van der Waals surface area (Å²) in [7, 11) is -2.47. The molecule has 0 saturated heterocycles. The molecule has 1 aliphatic rings. The summed E-state index contributed by atoms with van der Waals surface area (Å²) in [6.07, 6.45) is 0. The Kier molecular flexibility index (Phi) is 4.88. The molecular weight excluding hydrogens is 360 g/mol. The zero-order valence-corrected chi connectivity index (χ0v) is 15.5. The number of ether oxygens (including phenoxy) is 2. The second kappa shape index (κ2) is 6.96. The van der Waals surface area contributed by atoms with Gasteiger partial charge in [-0.1, -0.05) is 0 Å². The summed E-state index contributed by atoms with van der Waals surface area (Å²) in [5, 5.41) is 9.20. The lowest BCUT2D eigenvalue weighted by atomic mass is 10.2. The number of aromatic amines is 1. The molecule has 2 heterocycles.